The first-order valence-corrected chi connectivity index (χ1v) is 27.7. The monoisotopic (exact) mass is 1130 g/mol. The maximum Gasteiger partial charge on any atom is 0.248 e. The lowest BCUT2D eigenvalue weighted by molar-refractivity contribution is -0.148. The van der Waals surface area contributed by atoms with Crippen molar-refractivity contribution in [1.82, 2.24) is 36.4 Å². The summed E-state index contributed by atoms with van der Waals surface area (Å²) >= 11 is 0. The lowest BCUT2D eigenvalue weighted by Crippen LogP contribution is -2.64. The van der Waals surface area contributed by atoms with Crippen LogP contribution in [0, 0.1) is 5.92 Å². The van der Waals surface area contributed by atoms with Gasteiger partial charge in [0.15, 0.2) is 6.23 Å². The molecule has 0 bridgehead atoms. The number of aromatic hydroxyl groups is 1. The van der Waals surface area contributed by atoms with Crippen LogP contribution in [0.25, 0.3) is 11.1 Å². The number of aliphatic hydroxyl groups excluding tert-OH is 8. The Kier molecular flexibility index (Phi) is 23.3. The smallest absolute Gasteiger partial charge is 0.248 e. The number of hydrogen-bond donors (Lipinski definition) is 14. The Hall–Kier alpha value is -6.77. The molecule has 0 unspecified atom stereocenters. The van der Waals surface area contributed by atoms with Crippen LogP contribution >= 0.6 is 0 Å². The molecule has 0 aliphatic carbocycles. The average Bonchev–Trinajstić information content (AvgIpc) is 4.13. The molecule has 3 aromatic rings. The number of rotatable bonds is 19. The number of benzene rings is 3. The number of phenols is 1. The highest BCUT2D eigenvalue weighted by Crippen LogP contribution is 2.28. The van der Waals surface area contributed by atoms with E-state index in [2.05, 4.69) is 38.7 Å². The summed E-state index contributed by atoms with van der Waals surface area (Å²) in [6.07, 6.45) is -9.93. The zero-order chi connectivity index (χ0) is 59.1. The van der Waals surface area contributed by atoms with Crippen LogP contribution in [0.3, 0.4) is 0 Å². The third kappa shape index (κ3) is 17.1. The van der Waals surface area contributed by atoms with Gasteiger partial charge in [-0.3, -0.25) is 33.6 Å². The normalized spacial score (nSPS) is 27.8. The average molecular weight is 1130 g/mol. The minimum Gasteiger partial charge on any atom is -0.508 e. The van der Waals surface area contributed by atoms with Gasteiger partial charge in [-0.15, -0.1) is 0 Å². The Morgan fingerprint density at radius 3 is 1.80 bits per heavy atom. The van der Waals surface area contributed by atoms with Crippen molar-refractivity contribution < 1.29 is 84.3 Å². The van der Waals surface area contributed by atoms with Crippen LogP contribution in [0.2, 0.25) is 0 Å². The molecule has 3 aromatic carbocycles. The molecular weight excluding hydrogens is 1050 g/mol. The molecule has 24 nitrogen and oxygen atoms in total. The summed E-state index contributed by atoms with van der Waals surface area (Å²) in [6, 6.07) is 11.4. The lowest BCUT2D eigenvalue weighted by Gasteiger charge is -2.34. The third-order valence-electron chi connectivity index (χ3n) is 15.0. The second-order valence-corrected chi connectivity index (χ2v) is 21.5. The van der Waals surface area contributed by atoms with E-state index in [0.717, 1.165) is 91.2 Å². The Morgan fingerprint density at radius 1 is 0.630 bits per heavy atom. The molecule has 0 saturated carbocycles. The number of carbonyl (C=O) groups is 7. The van der Waals surface area contributed by atoms with E-state index in [1.54, 1.807) is 0 Å². The van der Waals surface area contributed by atoms with Crippen molar-refractivity contribution in [1.29, 1.82) is 0 Å². The van der Waals surface area contributed by atoms with Crippen molar-refractivity contribution in [2.45, 2.75) is 177 Å². The predicted molar refractivity (Wildman–Crippen MR) is 291 cm³/mol. The summed E-state index contributed by atoms with van der Waals surface area (Å²) in [4.78, 5) is 101. The second-order valence-electron chi connectivity index (χ2n) is 21.5. The number of phenolic OH excluding ortho intramolecular Hbond substituents is 1. The van der Waals surface area contributed by atoms with Crippen molar-refractivity contribution in [2.24, 2.45) is 5.92 Å². The number of nitrogens with one attached hydrogen (secondary N) is 5. The quantitative estimate of drug-likeness (QED) is 0.0648. The molecule has 7 amide bonds. The van der Waals surface area contributed by atoms with Crippen molar-refractivity contribution in [3.8, 4) is 22.6 Å². The van der Waals surface area contributed by atoms with Gasteiger partial charge in [0.25, 0.3) is 0 Å². The Labute approximate surface area is 469 Å². The first kappa shape index (κ1) is 63.4. The standard InChI is InChI=1S/C57H79N7O17/c1-31-29-64-47(48(31)71)55(78)62-53(76)42(69)28-40(58-43(70)17-13-8-6-4-5-7-9-14-26-81-39-24-20-35(21-25-39)34-15-11-10-12-16-34)51(74)59-44(32(2)65)56(79)63-30-38(68)27-41(63)52(75)61-46(54(77)60-45(33(3)66)57(64)80)50(73)49(72)36-18-22-37(67)23-19-36/h10-12,15-16,18-25,31-33,38,40-42,44-50,53,65-69,71-73,76H,4-9,13-14,17,26-30H2,1-3H3,(H,58,70)(H,59,74)(H,60,77)(H,61,75)(H,62,78)/t31-,32+,33+,38+,40-,41-,42+,44-,45-,46-,47-,48-,49-,50-,53+/m0/s1. The van der Waals surface area contributed by atoms with E-state index in [1.807, 2.05) is 42.5 Å². The number of amides is 7. The molecule has 6 rings (SSSR count). The van der Waals surface area contributed by atoms with E-state index in [9.17, 15) is 79.5 Å². The van der Waals surface area contributed by atoms with Gasteiger partial charge in [0, 0.05) is 38.3 Å². The zero-order valence-corrected chi connectivity index (χ0v) is 45.8. The predicted octanol–water partition coefficient (Wildman–Crippen LogP) is -0.887. The highest BCUT2D eigenvalue weighted by molar-refractivity contribution is 5.98. The molecule has 0 spiro atoms. The van der Waals surface area contributed by atoms with Crippen molar-refractivity contribution in [3.63, 3.8) is 0 Å². The first-order valence-electron chi connectivity index (χ1n) is 27.7. The van der Waals surface area contributed by atoms with Gasteiger partial charge in [0.1, 0.15) is 66.1 Å². The molecule has 3 aliphatic rings. The Bertz CT molecular complexity index is 2580. The van der Waals surface area contributed by atoms with Gasteiger partial charge in [0.05, 0.1) is 31.0 Å². The number of unbranched alkanes of at least 4 members (excludes halogenated alkanes) is 7. The number of fused-ring (bicyclic) bond motifs is 2. The van der Waals surface area contributed by atoms with Crippen LogP contribution in [-0.4, -0.2) is 196 Å². The Balaban J connectivity index is 1.15. The maximum absolute atomic E-state index is 14.4. The molecule has 3 fully saturated rings. The fraction of sp³-hybridized carbons (Fsp3) is 0.561. The van der Waals surface area contributed by atoms with Gasteiger partial charge < -0.3 is 87.1 Å². The highest BCUT2D eigenvalue weighted by atomic mass is 16.5. The first-order chi connectivity index (χ1) is 38.6. The Morgan fingerprint density at radius 2 is 1.19 bits per heavy atom. The number of aliphatic hydroxyl groups is 8. The number of nitrogens with zero attached hydrogens (tertiary/aromatic N) is 2. The van der Waals surface area contributed by atoms with Crippen LogP contribution < -0.4 is 31.3 Å². The molecule has 3 aliphatic heterocycles. The van der Waals surface area contributed by atoms with Crippen LogP contribution in [-0.2, 0) is 33.6 Å². The van der Waals surface area contributed by atoms with Crippen molar-refractivity contribution in [2.75, 3.05) is 19.7 Å². The summed E-state index contributed by atoms with van der Waals surface area (Å²) < 4.78 is 5.92. The number of hydrogen-bond acceptors (Lipinski definition) is 17. The van der Waals surface area contributed by atoms with Crippen molar-refractivity contribution >= 4 is 41.4 Å². The minimum absolute atomic E-state index is 0.0650. The zero-order valence-electron chi connectivity index (χ0n) is 45.8. The highest BCUT2D eigenvalue weighted by Gasteiger charge is 2.50. The van der Waals surface area contributed by atoms with E-state index in [4.69, 9.17) is 4.74 Å². The molecule has 15 atom stereocenters. The van der Waals surface area contributed by atoms with Gasteiger partial charge in [-0.25, -0.2) is 0 Å². The van der Waals surface area contributed by atoms with Gasteiger partial charge in [0.2, 0.25) is 41.4 Å². The van der Waals surface area contributed by atoms with Gasteiger partial charge in [-0.2, -0.15) is 0 Å². The summed E-state index contributed by atoms with van der Waals surface area (Å²) in [6.45, 7) is 3.36. The van der Waals surface area contributed by atoms with Crippen LogP contribution in [0.4, 0.5) is 0 Å². The van der Waals surface area contributed by atoms with E-state index in [-0.39, 0.29) is 24.3 Å². The van der Waals surface area contributed by atoms with E-state index in [0.29, 0.717) is 19.4 Å². The SMILES string of the molecule is C[C@@H](O)[C@@H]1NC(=O)[C@H]([C@H](O)[C@@H](O)c2ccc(O)cc2)NC(=O)[C@@H]2C[C@@H](O)CN2C(=O)[C@H]([C@@H](C)O)NC(=O)[C@@H](NC(=O)CCCCCCCCCCOc2ccc(-c3ccccc3)cc2)C[C@@H](O)[C@@H](O)NC(=O)[C@@H]2[C@@H](O)[C@@H](C)CN2C1=O. The van der Waals surface area contributed by atoms with Gasteiger partial charge >= 0.3 is 0 Å². The molecule has 3 heterocycles. The lowest BCUT2D eigenvalue weighted by atomic mass is 9.96. The molecule has 0 radical (unpaired) electrons. The van der Waals surface area contributed by atoms with E-state index in [1.165, 1.54) is 19.1 Å². The van der Waals surface area contributed by atoms with Gasteiger partial charge in [-0.05, 0) is 67.6 Å². The maximum atomic E-state index is 14.4. The number of ether oxygens (including phenoxy) is 1. The van der Waals surface area contributed by atoms with E-state index >= 15 is 0 Å². The topological polar surface area (TPSA) is 377 Å². The fourth-order valence-electron chi connectivity index (χ4n) is 10.3. The largest absolute Gasteiger partial charge is 0.508 e. The summed E-state index contributed by atoms with van der Waals surface area (Å²) in [5, 5.41) is 111. The molecule has 3 saturated heterocycles. The van der Waals surface area contributed by atoms with Crippen LogP contribution in [0.15, 0.2) is 78.9 Å². The fourth-order valence-corrected chi connectivity index (χ4v) is 10.3. The summed E-state index contributed by atoms with van der Waals surface area (Å²) in [5.41, 5.74) is 2.17. The molecule has 444 valence electrons. The molecule has 14 N–H and O–H groups in total. The molecule has 24 heteroatoms. The van der Waals surface area contributed by atoms with Crippen molar-refractivity contribution in [3.05, 3.63) is 84.4 Å². The van der Waals surface area contributed by atoms with Gasteiger partial charge in [-0.1, -0.05) is 100 Å². The van der Waals surface area contributed by atoms with Crippen LogP contribution in [0.1, 0.15) is 103 Å². The second kappa shape index (κ2) is 29.8. The molecule has 0 aromatic heterocycles. The molecule has 81 heavy (non-hydrogen) atoms. The summed E-state index contributed by atoms with van der Waals surface area (Å²) in [7, 11) is 0. The summed E-state index contributed by atoms with van der Waals surface area (Å²) in [5.74, 6) is -8.22. The van der Waals surface area contributed by atoms with E-state index < -0.39 is 152 Å². The minimum atomic E-state index is -2.28. The molecular formula is C57H79N7O17. The van der Waals surface area contributed by atoms with Crippen LogP contribution in [0.5, 0.6) is 11.5 Å². The third-order valence-corrected chi connectivity index (χ3v) is 15.0. The number of carbonyl (C=O) groups excluding carboxylic acids is 7.